The average Bonchev–Trinajstić information content (AvgIpc) is 2.92. The molecular weight excluding hydrogens is 348 g/mol. The molecule has 27 heavy (non-hydrogen) atoms. The lowest BCUT2D eigenvalue weighted by Crippen LogP contribution is -2.40. The molecule has 7 heteroatoms. The molecule has 140 valence electrons. The normalized spacial score (nSPS) is 19.0. The second kappa shape index (κ2) is 7.11. The highest BCUT2D eigenvalue weighted by Gasteiger charge is 2.49. The van der Waals surface area contributed by atoms with E-state index in [0.29, 0.717) is 34.5 Å². The molecule has 1 atom stereocenters. The van der Waals surface area contributed by atoms with Crippen LogP contribution in [0.15, 0.2) is 42.5 Å². The average molecular weight is 368 g/mol. The van der Waals surface area contributed by atoms with Crippen LogP contribution in [0.1, 0.15) is 28.4 Å². The molecule has 0 spiro atoms. The maximum Gasteiger partial charge on any atom is 0.325 e. The number of carbonyl (C=O) groups excluding carboxylic acids is 3. The Labute approximate surface area is 156 Å². The third kappa shape index (κ3) is 3.23. The van der Waals surface area contributed by atoms with Gasteiger partial charge in [0.1, 0.15) is 23.3 Å². The summed E-state index contributed by atoms with van der Waals surface area (Å²) in [7, 11) is 3.05. The molecule has 0 bridgehead atoms. The fourth-order valence-electron chi connectivity index (χ4n) is 3.13. The molecule has 3 amide bonds. The predicted octanol–water partition coefficient (Wildman–Crippen LogP) is 2.48. The Bertz CT molecular complexity index is 894. The van der Waals surface area contributed by atoms with Crippen LogP contribution in [0.25, 0.3) is 0 Å². The number of carbonyl (C=O) groups is 3. The first kappa shape index (κ1) is 18.4. The van der Waals surface area contributed by atoms with Crippen molar-refractivity contribution in [2.24, 2.45) is 0 Å². The molecule has 7 nitrogen and oxygen atoms in total. The minimum absolute atomic E-state index is 0.00125. The molecule has 2 aromatic carbocycles. The minimum atomic E-state index is -1.18. The molecule has 0 aromatic heterocycles. The number of rotatable bonds is 6. The first-order valence-corrected chi connectivity index (χ1v) is 8.33. The third-order valence-electron chi connectivity index (χ3n) is 4.71. The van der Waals surface area contributed by atoms with Gasteiger partial charge in [-0.3, -0.25) is 14.5 Å². The van der Waals surface area contributed by atoms with Crippen molar-refractivity contribution in [2.45, 2.75) is 19.0 Å². The van der Waals surface area contributed by atoms with Crippen molar-refractivity contribution in [3.05, 3.63) is 59.2 Å². The van der Waals surface area contributed by atoms with Gasteiger partial charge in [-0.05, 0) is 42.8 Å². The SMILES string of the molecule is COc1ccc(C2(C)NC(=O)N(Cc3cc(C=O)ccc3OC)C2=O)cc1. The fourth-order valence-corrected chi connectivity index (χ4v) is 3.13. The summed E-state index contributed by atoms with van der Waals surface area (Å²) in [4.78, 5) is 37.7. The highest BCUT2D eigenvalue weighted by Crippen LogP contribution is 2.32. The summed E-state index contributed by atoms with van der Waals surface area (Å²) in [6.07, 6.45) is 0.705. The summed E-state index contributed by atoms with van der Waals surface area (Å²) in [5, 5.41) is 2.76. The second-order valence-electron chi connectivity index (χ2n) is 6.36. The van der Waals surface area contributed by atoms with Crippen molar-refractivity contribution in [1.29, 1.82) is 0 Å². The number of amides is 3. The van der Waals surface area contributed by atoms with Gasteiger partial charge in [0, 0.05) is 11.1 Å². The Morgan fingerprint density at radius 1 is 1.07 bits per heavy atom. The van der Waals surface area contributed by atoms with Gasteiger partial charge >= 0.3 is 6.03 Å². The first-order valence-electron chi connectivity index (χ1n) is 8.33. The number of ether oxygens (including phenoxy) is 2. The van der Waals surface area contributed by atoms with Gasteiger partial charge in [-0.15, -0.1) is 0 Å². The van der Waals surface area contributed by atoms with Crippen molar-refractivity contribution < 1.29 is 23.9 Å². The molecule has 1 aliphatic heterocycles. The van der Waals surface area contributed by atoms with E-state index < -0.39 is 11.6 Å². The molecule has 0 radical (unpaired) electrons. The van der Waals surface area contributed by atoms with E-state index in [4.69, 9.17) is 9.47 Å². The Balaban J connectivity index is 1.91. The Morgan fingerprint density at radius 2 is 1.78 bits per heavy atom. The number of urea groups is 1. The summed E-state index contributed by atoms with van der Waals surface area (Å²) < 4.78 is 10.4. The van der Waals surface area contributed by atoms with Gasteiger partial charge in [0.2, 0.25) is 0 Å². The summed E-state index contributed by atoms with van der Waals surface area (Å²) in [5.74, 6) is 0.780. The van der Waals surface area contributed by atoms with E-state index in [1.165, 1.54) is 7.11 Å². The van der Waals surface area contributed by atoms with E-state index in [-0.39, 0.29) is 12.5 Å². The van der Waals surface area contributed by atoms with Gasteiger partial charge in [0.25, 0.3) is 5.91 Å². The zero-order valence-corrected chi connectivity index (χ0v) is 15.3. The van der Waals surface area contributed by atoms with Crippen LogP contribution in [0.5, 0.6) is 11.5 Å². The standard InChI is InChI=1S/C20H20N2O5/c1-20(15-5-7-16(26-2)8-6-15)18(24)22(19(25)21-20)11-14-10-13(12-23)4-9-17(14)27-3/h4-10,12H,11H2,1-3H3,(H,21,25). The number of methoxy groups -OCH3 is 2. The molecule has 3 rings (SSSR count). The van der Waals surface area contributed by atoms with Crippen LogP contribution < -0.4 is 14.8 Å². The van der Waals surface area contributed by atoms with E-state index >= 15 is 0 Å². The van der Waals surface area contributed by atoms with Gasteiger partial charge in [0.15, 0.2) is 0 Å². The molecule has 0 aliphatic carbocycles. The second-order valence-corrected chi connectivity index (χ2v) is 6.36. The minimum Gasteiger partial charge on any atom is -0.497 e. The zero-order valence-electron chi connectivity index (χ0n) is 15.3. The van der Waals surface area contributed by atoms with E-state index in [9.17, 15) is 14.4 Å². The quantitative estimate of drug-likeness (QED) is 0.625. The smallest absolute Gasteiger partial charge is 0.325 e. The summed E-state index contributed by atoms with van der Waals surface area (Å²) in [6, 6.07) is 11.3. The van der Waals surface area contributed by atoms with Crippen molar-refractivity contribution >= 4 is 18.2 Å². The number of aldehydes is 1. The van der Waals surface area contributed by atoms with Gasteiger partial charge < -0.3 is 14.8 Å². The van der Waals surface area contributed by atoms with E-state index in [0.717, 1.165) is 4.90 Å². The Kier molecular flexibility index (Phi) is 4.85. The highest BCUT2D eigenvalue weighted by atomic mass is 16.5. The molecule has 1 unspecified atom stereocenters. The molecule has 1 saturated heterocycles. The van der Waals surface area contributed by atoms with E-state index in [1.54, 1.807) is 56.5 Å². The molecule has 2 aromatic rings. The van der Waals surface area contributed by atoms with E-state index in [1.807, 2.05) is 0 Å². The Morgan fingerprint density at radius 3 is 2.37 bits per heavy atom. The van der Waals surface area contributed by atoms with Crippen molar-refractivity contribution in [1.82, 2.24) is 10.2 Å². The van der Waals surface area contributed by atoms with Crippen LogP contribution in [0.4, 0.5) is 4.79 Å². The Hall–Kier alpha value is -3.35. The van der Waals surface area contributed by atoms with Crippen molar-refractivity contribution in [3.8, 4) is 11.5 Å². The van der Waals surface area contributed by atoms with E-state index in [2.05, 4.69) is 5.32 Å². The van der Waals surface area contributed by atoms with Crippen LogP contribution in [-0.4, -0.2) is 37.3 Å². The number of benzene rings is 2. The topological polar surface area (TPSA) is 84.9 Å². The number of hydrogen-bond acceptors (Lipinski definition) is 5. The van der Waals surface area contributed by atoms with Crippen LogP contribution in [0.3, 0.4) is 0 Å². The third-order valence-corrected chi connectivity index (χ3v) is 4.71. The monoisotopic (exact) mass is 368 g/mol. The van der Waals surface area contributed by atoms with Crippen molar-refractivity contribution in [3.63, 3.8) is 0 Å². The number of nitrogens with zero attached hydrogens (tertiary/aromatic N) is 1. The fraction of sp³-hybridized carbons (Fsp3) is 0.250. The summed E-state index contributed by atoms with van der Waals surface area (Å²) in [6.45, 7) is 1.66. The molecule has 0 saturated carbocycles. The number of imide groups is 1. The maximum absolute atomic E-state index is 13.1. The lowest BCUT2D eigenvalue weighted by atomic mass is 9.92. The first-order chi connectivity index (χ1) is 12.9. The molecule has 1 fully saturated rings. The van der Waals surface area contributed by atoms with Crippen molar-refractivity contribution in [2.75, 3.05) is 14.2 Å². The van der Waals surface area contributed by atoms with Gasteiger partial charge in [-0.2, -0.15) is 0 Å². The summed E-state index contributed by atoms with van der Waals surface area (Å²) >= 11 is 0. The summed E-state index contributed by atoms with van der Waals surface area (Å²) in [5.41, 5.74) is 0.483. The molecule has 1 N–H and O–H groups in total. The van der Waals surface area contributed by atoms with Crippen LogP contribution in [0.2, 0.25) is 0 Å². The lowest BCUT2D eigenvalue weighted by Gasteiger charge is -2.22. The highest BCUT2D eigenvalue weighted by molar-refractivity contribution is 6.07. The maximum atomic E-state index is 13.1. The molecule has 1 heterocycles. The van der Waals surface area contributed by atoms with Crippen LogP contribution in [0, 0.1) is 0 Å². The number of hydrogen-bond donors (Lipinski definition) is 1. The van der Waals surface area contributed by atoms with Crippen LogP contribution >= 0.6 is 0 Å². The van der Waals surface area contributed by atoms with Gasteiger partial charge in [-0.25, -0.2) is 4.79 Å². The number of nitrogens with one attached hydrogen (secondary N) is 1. The van der Waals surface area contributed by atoms with Crippen LogP contribution in [-0.2, 0) is 16.9 Å². The molecule has 1 aliphatic rings. The lowest BCUT2D eigenvalue weighted by molar-refractivity contribution is -0.131. The molecular formula is C20H20N2O5. The predicted molar refractivity (Wildman–Crippen MR) is 97.8 cm³/mol. The van der Waals surface area contributed by atoms with Gasteiger partial charge in [0.05, 0.1) is 20.8 Å². The largest absolute Gasteiger partial charge is 0.497 e. The zero-order chi connectivity index (χ0) is 19.6. The van der Waals surface area contributed by atoms with Gasteiger partial charge in [-0.1, -0.05) is 12.1 Å².